The molecular weight excluding hydrogens is 230 g/mol. The molecule has 2 rings (SSSR count). The number of carbonyl (C=O) groups excluding carboxylic acids is 1. The number of hydrogen-bond donors (Lipinski definition) is 2. The number of nitrogens with one attached hydrogen (secondary N) is 1. The van der Waals surface area contributed by atoms with Crippen molar-refractivity contribution in [2.45, 2.75) is 6.42 Å². The largest absolute Gasteiger partial charge is 0.396 e. The Morgan fingerprint density at radius 1 is 1.47 bits per heavy atom. The van der Waals surface area contributed by atoms with Crippen LogP contribution in [0.3, 0.4) is 0 Å². The predicted octanol–water partition coefficient (Wildman–Crippen LogP) is 2.08. The SMILES string of the molecule is O=C(NCCCO)c1cc2sccc2s1. The van der Waals surface area contributed by atoms with E-state index in [0.29, 0.717) is 13.0 Å². The van der Waals surface area contributed by atoms with E-state index >= 15 is 0 Å². The molecule has 0 aliphatic carbocycles. The Labute approximate surface area is 95.4 Å². The molecule has 0 fully saturated rings. The molecule has 2 aromatic rings. The van der Waals surface area contributed by atoms with Gasteiger partial charge in [-0.1, -0.05) is 0 Å². The first-order valence-corrected chi connectivity index (χ1v) is 6.37. The molecule has 3 nitrogen and oxygen atoms in total. The average molecular weight is 241 g/mol. The number of aliphatic hydroxyl groups is 1. The van der Waals surface area contributed by atoms with Crippen molar-refractivity contribution in [1.29, 1.82) is 0 Å². The van der Waals surface area contributed by atoms with E-state index in [4.69, 9.17) is 5.11 Å². The van der Waals surface area contributed by atoms with Gasteiger partial charge < -0.3 is 10.4 Å². The van der Waals surface area contributed by atoms with Gasteiger partial charge in [0.25, 0.3) is 5.91 Å². The number of hydrogen-bond acceptors (Lipinski definition) is 4. The molecule has 1 amide bonds. The molecule has 0 aliphatic heterocycles. The molecule has 0 unspecified atom stereocenters. The minimum atomic E-state index is -0.0446. The van der Waals surface area contributed by atoms with Crippen LogP contribution in [0, 0.1) is 0 Å². The van der Waals surface area contributed by atoms with Gasteiger partial charge >= 0.3 is 0 Å². The summed E-state index contributed by atoms with van der Waals surface area (Å²) in [5.41, 5.74) is 0. The zero-order valence-electron chi connectivity index (χ0n) is 8.03. The second-order valence-corrected chi connectivity index (χ2v) is 5.12. The van der Waals surface area contributed by atoms with E-state index in [1.807, 2.05) is 17.5 Å². The molecule has 2 N–H and O–H groups in total. The van der Waals surface area contributed by atoms with Crippen molar-refractivity contribution >= 4 is 38.0 Å². The second kappa shape index (κ2) is 4.74. The summed E-state index contributed by atoms with van der Waals surface area (Å²) >= 11 is 3.15. The summed E-state index contributed by atoms with van der Waals surface area (Å²) in [6, 6.07) is 3.94. The van der Waals surface area contributed by atoms with Crippen LogP contribution in [0.25, 0.3) is 9.40 Å². The molecule has 2 aromatic heterocycles. The standard InChI is InChI=1S/C10H11NO2S2/c12-4-1-3-11-10(13)9-6-8-7(15-9)2-5-14-8/h2,5-6,12H,1,3-4H2,(H,11,13). The zero-order chi connectivity index (χ0) is 10.7. The van der Waals surface area contributed by atoms with Gasteiger partial charge in [-0.3, -0.25) is 4.79 Å². The molecule has 5 heteroatoms. The molecule has 0 saturated heterocycles. The Bertz CT molecular complexity index is 432. The molecule has 0 aliphatic rings. The number of amides is 1. The second-order valence-electron chi connectivity index (χ2n) is 3.09. The lowest BCUT2D eigenvalue weighted by Gasteiger charge is -2.00. The monoisotopic (exact) mass is 241 g/mol. The highest BCUT2D eigenvalue weighted by Gasteiger charge is 2.09. The van der Waals surface area contributed by atoms with Crippen molar-refractivity contribution in [1.82, 2.24) is 5.32 Å². The topological polar surface area (TPSA) is 49.3 Å². The van der Waals surface area contributed by atoms with Crippen LogP contribution in [0.2, 0.25) is 0 Å². The first kappa shape index (κ1) is 10.6. The Morgan fingerprint density at radius 2 is 2.33 bits per heavy atom. The molecular formula is C10H11NO2S2. The van der Waals surface area contributed by atoms with Crippen molar-refractivity contribution in [3.63, 3.8) is 0 Å². The Balaban J connectivity index is 2.04. The third-order valence-corrected chi connectivity index (χ3v) is 4.08. The van der Waals surface area contributed by atoms with Crippen LogP contribution in [0.15, 0.2) is 17.5 Å². The van der Waals surface area contributed by atoms with Gasteiger partial charge in [0.15, 0.2) is 0 Å². The van der Waals surface area contributed by atoms with Crippen molar-refractivity contribution in [3.05, 3.63) is 22.4 Å². The van der Waals surface area contributed by atoms with Crippen molar-refractivity contribution in [3.8, 4) is 0 Å². The molecule has 0 bridgehead atoms. The van der Waals surface area contributed by atoms with Crippen LogP contribution in [-0.4, -0.2) is 24.2 Å². The maximum absolute atomic E-state index is 11.6. The van der Waals surface area contributed by atoms with Gasteiger partial charge in [0, 0.05) is 22.6 Å². The molecule has 0 spiro atoms. The summed E-state index contributed by atoms with van der Waals surface area (Å²) in [5, 5.41) is 13.4. The molecule has 15 heavy (non-hydrogen) atoms. The van der Waals surface area contributed by atoms with Gasteiger partial charge in [-0.25, -0.2) is 0 Å². The van der Waals surface area contributed by atoms with E-state index in [9.17, 15) is 4.79 Å². The van der Waals surface area contributed by atoms with Crippen molar-refractivity contribution in [2.75, 3.05) is 13.2 Å². The summed E-state index contributed by atoms with van der Waals surface area (Å²) in [5.74, 6) is -0.0446. The highest BCUT2D eigenvalue weighted by molar-refractivity contribution is 7.27. The lowest BCUT2D eigenvalue weighted by molar-refractivity contribution is 0.0955. The molecule has 0 radical (unpaired) electrons. The molecule has 0 atom stereocenters. The predicted molar refractivity (Wildman–Crippen MR) is 63.7 cm³/mol. The number of fused-ring (bicyclic) bond motifs is 1. The summed E-state index contributed by atoms with van der Waals surface area (Å²) in [4.78, 5) is 12.4. The minimum absolute atomic E-state index is 0.0446. The van der Waals surface area contributed by atoms with E-state index in [2.05, 4.69) is 5.32 Å². The van der Waals surface area contributed by atoms with Gasteiger partial charge in [-0.15, -0.1) is 22.7 Å². The van der Waals surface area contributed by atoms with Gasteiger partial charge in [-0.05, 0) is 23.9 Å². The van der Waals surface area contributed by atoms with E-state index < -0.39 is 0 Å². The minimum Gasteiger partial charge on any atom is -0.396 e. The number of rotatable bonds is 4. The van der Waals surface area contributed by atoms with Crippen molar-refractivity contribution < 1.29 is 9.90 Å². The smallest absolute Gasteiger partial charge is 0.261 e. The summed E-state index contributed by atoms with van der Waals surface area (Å²) in [6.45, 7) is 0.640. The van der Waals surface area contributed by atoms with Crippen LogP contribution in [-0.2, 0) is 0 Å². The van der Waals surface area contributed by atoms with E-state index in [1.165, 1.54) is 11.3 Å². The van der Waals surface area contributed by atoms with Crippen LogP contribution in [0.5, 0.6) is 0 Å². The van der Waals surface area contributed by atoms with Crippen LogP contribution >= 0.6 is 22.7 Å². The number of thiophene rings is 2. The van der Waals surface area contributed by atoms with Gasteiger partial charge in [0.2, 0.25) is 0 Å². The quantitative estimate of drug-likeness (QED) is 0.805. The lowest BCUT2D eigenvalue weighted by atomic mass is 10.4. The van der Waals surface area contributed by atoms with Gasteiger partial charge in [0.1, 0.15) is 0 Å². The highest BCUT2D eigenvalue weighted by Crippen LogP contribution is 2.29. The fourth-order valence-electron chi connectivity index (χ4n) is 1.25. The Morgan fingerprint density at radius 3 is 3.07 bits per heavy atom. The Hall–Kier alpha value is -0.910. The molecule has 0 aromatic carbocycles. The van der Waals surface area contributed by atoms with E-state index in [-0.39, 0.29) is 12.5 Å². The fourth-order valence-corrected chi connectivity index (χ4v) is 3.27. The maximum atomic E-state index is 11.6. The Kier molecular flexibility index (Phi) is 3.35. The molecule has 80 valence electrons. The zero-order valence-corrected chi connectivity index (χ0v) is 9.66. The number of aliphatic hydroxyl groups excluding tert-OH is 1. The van der Waals surface area contributed by atoms with Crippen LogP contribution in [0.4, 0.5) is 0 Å². The first-order valence-electron chi connectivity index (χ1n) is 4.67. The molecule has 0 saturated carbocycles. The normalized spacial score (nSPS) is 10.7. The van der Waals surface area contributed by atoms with Crippen LogP contribution < -0.4 is 5.32 Å². The lowest BCUT2D eigenvalue weighted by Crippen LogP contribution is -2.24. The average Bonchev–Trinajstić information content (AvgIpc) is 2.76. The highest BCUT2D eigenvalue weighted by atomic mass is 32.1. The maximum Gasteiger partial charge on any atom is 0.261 e. The van der Waals surface area contributed by atoms with Gasteiger partial charge in [0.05, 0.1) is 4.88 Å². The van der Waals surface area contributed by atoms with E-state index in [0.717, 1.165) is 14.3 Å². The first-order chi connectivity index (χ1) is 7.31. The van der Waals surface area contributed by atoms with Gasteiger partial charge in [-0.2, -0.15) is 0 Å². The third kappa shape index (κ3) is 2.37. The number of carbonyl (C=O) groups is 1. The van der Waals surface area contributed by atoms with E-state index in [1.54, 1.807) is 11.3 Å². The summed E-state index contributed by atoms with van der Waals surface area (Å²) < 4.78 is 2.32. The van der Waals surface area contributed by atoms with Crippen LogP contribution in [0.1, 0.15) is 16.1 Å². The summed E-state index contributed by atoms with van der Waals surface area (Å²) in [7, 11) is 0. The van der Waals surface area contributed by atoms with Crippen molar-refractivity contribution in [2.24, 2.45) is 0 Å². The summed E-state index contributed by atoms with van der Waals surface area (Å²) in [6.07, 6.45) is 0.603. The molecule has 2 heterocycles. The third-order valence-electron chi connectivity index (χ3n) is 1.98. The fraction of sp³-hybridized carbons (Fsp3) is 0.300.